The smallest absolute Gasteiger partial charge is 0.311 e. The molecule has 0 N–H and O–H groups in total. The molecule has 0 bridgehead atoms. The van der Waals surface area contributed by atoms with Crippen LogP contribution < -0.4 is 19.1 Å². The number of benzene rings is 2. The van der Waals surface area contributed by atoms with Gasteiger partial charge < -0.3 is 19.1 Å². The topological polar surface area (TPSA) is 74.1 Å². The predicted molar refractivity (Wildman–Crippen MR) is 98.5 cm³/mol. The van der Waals surface area contributed by atoms with Crippen LogP contribution >= 0.6 is 0 Å². The summed E-state index contributed by atoms with van der Waals surface area (Å²) in [7, 11) is 4.71. The number of nitro groups is 1. The molecular weight excluding hydrogens is 336 g/mol. The van der Waals surface area contributed by atoms with Crippen LogP contribution in [0.4, 0.5) is 11.4 Å². The van der Waals surface area contributed by atoms with Crippen molar-refractivity contribution in [1.82, 2.24) is 0 Å². The number of rotatable bonds is 6. The van der Waals surface area contributed by atoms with Crippen LogP contribution in [0.2, 0.25) is 0 Å². The third-order valence-electron chi connectivity index (χ3n) is 4.74. The van der Waals surface area contributed by atoms with E-state index in [1.807, 2.05) is 18.2 Å². The Bertz CT molecular complexity index is 809. The van der Waals surface area contributed by atoms with Crippen LogP contribution in [0.15, 0.2) is 36.4 Å². The molecule has 3 rings (SSSR count). The first-order chi connectivity index (χ1) is 12.6. The summed E-state index contributed by atoms with van der Waals surface area (Å²) < 4.78 is 16.1. The normalized spacial score (nSPS) is 16.4. The molecule has 0 amide bonds. The minimum absolute atomic E-state index is 0.0333. The fraction of sp³-hybridized carbons (Fsp3) is 0.368. The van der Waals surface area contributed by atoms with Gasteiger partial charge in [0.1, 0.15) is 11.5 Å². The highest BCUT2D eigenvalue weighted by Gasteiger charge is 2.30. The minimum atomic E-state index is -0.434. The van der Waals surface area contributed by atoms with E-state index in [2.05, 4.69) is 4.90 Å². The Balaban J connectivity index is 1.98. The number of ether oxygens (including phenoxy) is 3. The third-order valence-corrected chi connectivity index (χ3v) is 4.74. The molecule has 2 aromatic carbocycles. The van der Waals surface area contributed by atoms with E-state index < -0.39 is 4.92 Å². The summed E-state index contributed by atoms with van der Waals surface area (Å²) in [4.78, 5) is 12.9. The first-order valence-corrected chi connectivity index (χ1v) is 8.40. The van der Waals surface area contributed by atoms with E-state index in [-0.39, 0.29) is 17.5 Å². The maximum absolute atomic E-state index is 11.1. The molecule has 2 aromatic rings. The Morgan fingerprint density at radius 1 is 1.04 bits per heavy atom. The van der Waals surface area contributed by atoms with Gasteiger partial charge in [0.15, 0.2) is 5.75 Å². The molecule has 1 fully saturated rings. The average Bonchev–Trinajstić information content (AvgIpc) is 3.16. The van der Waals surface area contributed by atoms with Crippen molar-refractivity contribution in [2.24, 2.45) is 0 Å². The van der Waals surface area contributed by atoms with Crippen molar-refractivity contribution < 1.29 is 19.1 Å². The van der Waals surface area contributed by atoms with E-state index in [4.69, 9.17) is 14.2 Å². The summed E-state index contributed by atoms with van der Waals surface area (Å²) in [6.07, 6.45) is 2.00. The van der Waals surface area contributed by atoms with Gasteiger partial charge >= 0.3 is 5.69 Å². The maximum Gasteiger partial charge on any atom is 0.311 e. The fourth-order valence-corrected chi connectivity index (χ4v) is 3.49. The maximum atomic E-state index is 11.1. The Kier molecular flexibility index (Phi) is 5.16. The molecule has 7 heteroatoms. The second kappa shape index (κ2) is 7.51. The van der Waals surface area contributed by atoms with E-state index >= 15 is 0 Å². The second-order valence-corrected chi connectivity index (χ2v) is 6.07. The van der Waals surface area contributed by atoms with E-state index in [1.54, 1.807) is 26.4 Å². The summed E-state index contributed by atoms with van der Waals surface area (Å²) in [5, 5.41) is 11.1. The van der Waals surface area contributed by atoms with E-state index in [1.165, 1.54) is 13.2 Å². The standard InChI is InChI=1S/C19H22N2O5/c1-24-14-7-8-15(18(12-14)25-2)16-5-4-10-20(16)13-6-9-17(21(22)23)19(11-13)26-3/h6-9,11-12,16H,4-5,10H2,1-3H3. The van der Waals surface area contributed by atoms with Gasteiger partial charge in [0.25, 0.3) is 0 Å². The first-order valence-electron chi connectivity index (χ1n) is 8.40. The van der Waals surface area contributed by atoms with Gasteiger partial charge in [-0.25, -0.2) is 0 Å². The SMILES string of the molecule is COc1ccc(C2CCCN2c2ccc([N+](=O)[O-])c(OC)c2)c(OC)c1. The lowest BCUT2D eigenvalue weighted by molar-refractivity contribution is -0.385. The largest absolute Gasteiger partial charge is 0.497 e. The van der Waals surface area contributed by atoms with Crippen LogP contribution in [0.1, 0.15) is 24.4 Å². The lowest BCUT2D eigenvalue weighted by Crippen LogP contribution is -2.23. The van der Waals surface area contributed by atoms with Gasteiger partial charge in [-0.2, -0.15) is 0 Å². The lowest BCUT2D eigenvalue weighted by Gasteiger charge is -2.28. The van der Waals surface area contributed by atoms with Crippen molar-refractivity contribution in [2.75, 3.05) is 32.8 Å². The number of hydrogen-bond donors (Lipinski definition) is 0. The van der Waals surface area contributed by atoms with E-state index in [0.717, 1.165) is 42.1 Å². The van der Waals surface area contributed by atoms with Gasteiger partial charge in [-0.3, -0.25) is 10.1 Å². The summed E-state index contributed by atoms with van der Waals surface area (Å²) >= 11 is 0. The fourth-order valence-electron chi connectivity index (χ4n) is 3.49. The van der Waals surface area contributed by atoms with Gasteiger partial charge in [0.2, 0.25) is 0 Å². The second-order valence-electron chi connectivity index (χ2n) is 6.07. The van der Waals surface area contributed by atoms with Crippen LogP contribution in [0.5, 0.6) is 17.2 Å². The molecule has 0 saturated carbocycles. The molecule has 1 aliphatic rings. The van der Waals surface area contributed by atoms with Crippen LogP contribution in [-0.2, 0) is 0 Å². The molecule has 26 heavy (non-hydrogen) atoms. The number of nitrogens with zero attached hydrogens (tertiary/aromatic N) is 2. The summed E-state index contributed by atoms with van der Waals surface area (Å²) in [6, 6.07) is 10.9. The minimum Gasteiger partial charge on any atom is -0.497 e. The number of methoxy groups -OCH3 is 3. The number of hydrogen-bond acceptors (Lipinski definition) is 6. The highest BCUT2D eigenvalue weighted by Crippen LogP contribution is 2.42. The molecule has 7 nitrogen and oxygen atoms in total. The van der Waals surface area contributed by atoms with Crippen molar-refractivity contribution in [3.05, 3.63) is 52.1 Å². The first kappa shape index (κ1) is 17.8. The van der Waals surface area contributed by atoms with Crippen LogP contribution in [0.25, 0.3) is 0 Å². The molecule has 0 spiro atoms. The number of nitro benzene ring substituents is 1. The Morgan fingerprint density at radius 3 is 2.46 bits per heavy atom. The molecule has 1 unspecified atom stereocenters. The quantitative estimate of drug-likeness (QED) is 0.575. The molecule has 1 saturated heterocycles. The zero-order chi connectivity index (χ0) is 18.7. The van der Waals surface area contributed by atoms with Gasteiger partial charge in [-0.1, -0.05) is 0 Å². The van der Waals surface area contributed by atoms with E-state index in [9.17, 15) is 10.1 Å². The summed E-state index contributed by atoms with van der Waals surface area (Å²) in [6.45, 7) is 0.862. The van der Waals surface area contributed by atoms with Crippen molar-refractivity contribution in [3.63, 3.8) is 0 Å². The Labute approximate surface area is 152 Å². The van der Waals surface area contributed by atoms with Crippen LogP contribution in [0, 0.1) is 10.1 Å². The predicted octanol–water partition coefficient (Wildman–Crippen LogP) is 3.96. The molecule has 138 valence electrons. The summed E-state index contributed by atoms with van der Waals surface area (Å²) in [5.41, 5.74) is 1.94. The zero-order valence-electron chi connectivity index (χ0n) is 15.1. The molecule has 1 heterocycles. The Hall–Kier alpha value is -2.96. The Morgan fingerprint density at radius 2 is 1.81 bits per heavy atom. The third kappa shape index (κ3) is 3.24. The van der Waals surface area contributed by atoms with Gasteiger partial charge in [0, 0.05) is 36.0 Å². The van der Waals surface area contributed by atoms with Crippen molar-refractivity contribution >= 4 is 11.4 Å². The molecule has 0 aromatic heterocycles. The van der Waals surface area contributed by atoms with E-state index in [0.29, 0.717) is 0 Å². The molecule has 1 aliphatic heterocycles. The molecular formula is C19H22N2O5. The van der Waals surface area contributed by atoms with Gasteiger partial charge in [-0.05, 0) is 31.0 Å². The highest BCUT2D eigenvalue weighted by atomic mass is 16.6. The summed E-state index contributed by atoms with van der Waals surface area (Å²) in [5.74, 6) is 1.78. The molecule has 0 radical (unpaired) electrons. The monoisotopic (exact) mass is 358 g/mol. The van der Waals surface area contributed by atoms with Crippen LogP contribution in [-0.4, -0.2) is 32.8 Å². The van der Waals surface area contributed by atoms with Crippen molar-refractivity contribution in [3.8, 4) is 17.2 Å². The van der Waals surface area contributed by atoms with Crippen molar-refractivity contribution in [1.29, 1.82) is 0 Å². The molecule has 0 aliphatic carbocycles. The molecule has 1 atom stereocenters. The van der Waals surface area contributed by atoms with Crippen LogP contribution in [0.3, 0.4) is 0 Å². The average molecular weight is 358 g/mol. The highest BCUT2D eigenvalue weighted by molar-refractivity contribution is 5.61. The lowest BCUT2D eigenvalue weighted by atomic mass is 10.0. The number of anilines is 1. The zero-order valence-corrected chi connectivity index (χ0v) is 15.1. The van der Waals surface area contributed by atoms with Gasteiger partial charge in [0.05, 0.1) is 32.3 Å². The van der Waals surface area contributed by atoms with Crippen molar-refractivity contribution in [2.45, 2.75) is 18.9 Å². The van der Waals surface area contributed by atoms with Gasteiger partial charge in [-0.15, -0.1) is 0 Å².